The first-order valence-electron chi connectivity index (χ1n) is 11.5. The lowest BCUT2D eigenvalue weighted by molar-refractivity contribution is 0.0702. The maximum atomic E-state index is 13.5. The van der Waals surface area contributed by atoms with Crippen molar-refractivity contribution >= 4 is 5.91 Å². The lowest BCUT2D eigenvalue weighted by Crippen LogP contribution is -2.39. The SMILES string of the molecule is COc1ccc(C(=O)N2CCCC(c3nc(C4CC4)ncc3-c3ccncc3)C2)c(OC)c1. The third-order valence-electron chi connectivity index (χ3n) is 6.51. The van der Waals surface area contributed by atoms with E-state index in [9.17, 15) is 4.79 Å². The van der Waals surface area contributed by atoms with Crippen molar-refractivity contribution < 1.29 is 14.3 Å². The summed E-state index contributed by atoms with van der Waals surface area (Å²) >= 11 is 0. The zero-order valence-electron chi connectivity index (χ0n) is 19.0. The number of amides is 1. The van der Waals surface area contributed by atoms with Crippen LogP contribution in [-0.2, 0) is 0 Å². The zero-order valence-corrected chi connectivity index (χ0v) is 19.0. The lowest BCUT2D eigenvalue weighted by Gasteiger charge is -2.33. The van der Waals surface area contributed by atoms with E-state index in [1.165, 1.54) is 0 Å². The summed E-state index contributed by atoms with van der Waals surface area (Å²) in [5, 5.41) is 0. The summed E-state index contributed by atoms with van der Waals surface area (Å²) in [7, 11) is 3.18. The van der Waals surface area contributed by atoms with Crippen LogP contribution in [0.3, 0.4) is 0 Å². The molecule has 2 fully saturated rings. The Kier molecular flexibility index (Phi) is 5.94. The highest BCUT2D eigenvalue weighted by molar-refractivity contribution is 5.97. The number of pyridine rings is 1. The molecule has 2 aliphatic rings. The minimum absolute atomic E-state index is 0.0267. The van der Waals surface area contributed by atoms with Crippen LogP contribution in [0.2, 0.25) is 0 Å². The van der Waals surface area contributed by atoms with Gasteiger partial charge in [0.1, 0.15) is 17.3 Å². The molecule has 0 N–H and O–H groups in total. The van der Waals surface area contributed by atoms with Gasteiger partial charge in [-0.15, -0.1) is 0 Å². The average molecular weight is 445 g/mol. The van der Waals surface area contributed by atoms with E-state index in [2.05, 4.69) is 9.97 Å². The van der Waals surface area contributed by atoms with E-state index in [-0.39, 0.29) is 11.8 Å². The molecule has 3 heterocycles. The van der Waals surface area contributed by atoms with Crippen molar-refractivity contribution in [2.24, 2.45) is 0 Å². The number of aromatic nitrogens is 3. The zero-order chi connectivity index (χ0) is 22.8. The van der Waals surface area contributed by atoms with Crippen molar-refractivity contribution in [3.63, 3.8) is 0 Å². The van der Waals surface area contributed by atoms with Crippen LogP contribution in [0.15, 0.2) is 48.9 Å². The number of piperidine rings is 1. The van der Waals surface area contributed by atoms with Gasteiger partial charge in [0.15, 0.2) is 0 Å². The number of nitrogens with zero attached hydrogens (tertiary/aromatic N) is 4. The first-order valence-corrected chi connectivity index (χ1v) is 11.5. The van der Waals surface area contributed by atoms with E-state index < -0.39 is 0 Å². The number of benzene rings is 1. The Bertz CT molecular complexity index is 1150. The predicted octanol–water partition coefficient (Wildman–Crippen LogP) is 4.45. The van der Waals surface area contributed by atoms with Crippen LogP contribution < -0.4 is 9.47 Å². The third-order valence-corrected chi connectivity index (χ3v) is 6.51. The molecule has 3 aromatic rings. The fourth-order valence-electron chi connectivity index (χ4n) is 4.54. The van der Waals surface area contributed by atoms with Crippen LogP contribution in [0.4, 0.5) is 0 Å². The van der Waals surface area contributed by atoms with Gasteiger partial charge < -0.3 is 14.4 Å². The Hall–Kier alpha value is -3.48. The van der Waals surface area contributed by atoms with Gasteiger partial charge in [-0.05, 0) is 55.5 Å². The van der Waals surface area contributed by atoms with Crippen molar-refractivity contribution in [3.05, 3.63) is 66.0 Å². The number of likely N-dealkylation sites (tertiary alicyclic amines) is 1. The summed E-state index contributed by atoms with van der Waals surface area (Å²) in [6.07, 6.45) is 9.76. The van der Waals surface area contributed by atoms with E-state index in [1.807, 2.05) is 23.2 Å². The highest BCUT2D eigenvalue weighted by Gasteiger charge is 2.32. The molecule has 1 unspecified atom stereocenters. The van der Waals surface area contributed by atoms with Gasteiger partial charge in [-0.1, -0.05) is 0 Å². The molecule has 170 valence electrons. The summed E-state index contributed by atoms with van der Waals surface area (Å²) in [5.74, 6) is 2.72. The van der Waals surface area contributed by atoms with Gasteiger partial charge in [-0.2, -0.15) is 0 Å². The number of methoxy groups -OCH3 is 2. The minimum atomic E-state index is -0.0267. The van der Waals surface area contributed by atoms with Gasteiger partial charge in [-0.3, -0.25) is 9.78 Å². The molecule has 1 aliphatic heterocycles. The number of carbonyl (C=O) groups is 1. The van der Waals surface area contributed by atoms with Crippen molar-refractivity contribution in [2.45, 2.75) is 37.5 Å². The summed E-state index contributed by atoms with van der Waals surface area (Å²) in [4.78, 5) is 29.3. The molecule has 1 saturated carbocycles. The summed E-state index contributed by atoms with van der Waals surface area (Å²) in [6, 6.07) is 9.31. The molecule has 1 aromatic carbocycles. The van der Waals surface area contributed by atoms with Gasteiger partial charge in [0, 0.05) is 55.1 Å². The topological polar surface area (TPSA) is 77.4 Å². The second kappa shape index (κ2) is 9.17. The highest BCUT2D eigenvalue weighted by atomic mass is 16.5. The fraction of sp³-hybridized carbons (Fsp3) is 0.385. The van der Waals surface area contributed by atoms with Crippen LogP contribution in [0.25, 0.3) is 11.1 Å². The molecule has 7 nitrogen and oxygen atoms in total. The molecule has 33 heavy (non-hydrogen) atoms. The average Bonchev–Trinajstić information content (AvgIpc) is 3.74. The second-order valence-electron chi connectivity index (χ2n) is 8.69. The van der Waals surface area contributed by atoms with Crippen LogP contribution >= 0.6 is 0 Å². The minimum Gasteiger partial charge on any atom is -0.497 e. The van der Waals surface area contributed by atoms with Crippen LogP contribution in [0.1, 0.15) is 59.4 Å². The van der Waals surface area contributed by atoms with E-state index in [4.69, 9.17) is 14.5 Å². The number of hydrogen-bond donors (Lipinski definition) is 0. The molecule has 1 amide bonds. The molecule has 0 bridgehead atoms. The van der Waals surface area contributed by atoms with Crippen LogP contribution in [0, 0.1) is 0 Å². The van der Waals surface area contributed by atoms with Gasteiger partial charge >= 0.3 is 0 Å². The molecular weight excluding hydrogens is 416 g/mol. The number of carbonyl (C=O) groups excluding carboxylic acids is 1. The smallest absolute Gasteiger partial charge is 0.257 e. The summed E-state index contributed by atoms with van der Waals surface area (Å²) in [6.45, 7) is 1.34. The van der Waals surface area contributed by atoms with Gasteiger partial charge in [0.25, 0.3) is 5.91 Å². The predicted molar refractivity (Wildman–Crippen MR) is 125 cm³/mol. The number of ether oxygens (including phenoxy) is 2. The number of rotatable bonds is 6. The number of hydrogen-bond acceptors (Lipinski definition) is 6. The Balaban J connectivity index is 1.45. The van der Waals surface area contributed by atoms with E-state index in [1.54, 1.807) is 44.8 Å². The largest absolute Gasteiger partial charge is 0.497 e. The van der Waals surface area contributed by atoms with Crippen LogP contribution in [-0.4, -0.2) is 53.1 Å². The standard InChI is InChI=1S/C26H28N4O3/c1-32-20-7-8-21(23(14-20)33-2)26(31)30-13-3-4-19(16-30)24-22(17-9-11-27-12-10-17)15-28-25(29-24)18-5-6-18/h7-12,14-15,18-19H,3-6,13,16H2,1-2H3. The molecule has 5 rings (SSSR count). The first kappa shape index (κ1) is 21.4. The molecule has 1 saturated heterocycles. The maximum Gasteiger partial charge on any atom is 0.257 e. The summed E-state index contributed by atoms with van der Waals surface area (Å²) in [5.41, 5.74) is 3.68. The van der Waals surface area contributed by atoms with E-state index >= 15 is 0 Å². The lowest BCUT2D eigenvalue weighted by atomic mass is 9.89. The third kappa shape index (κ3) is 4.40. The quantitative estimate of drug-likeness (QED) is 0.559. The molecule has 1 aliphatic carbocycles. The Morgan fingerprint density at radius 2 is 1.85 bits per heavy atom. The van der Waals surface area contributed by atoms with Crippen molar-refractivity contribution in [2.75, 3.05) is 27.3 Å². The molecule has 2 aromatic heterocycles. The van der Waals surface area contributed by atoms with E-state index in [0.717, 1.165) is 54.9 Å². The maximum absolute atomic E-state index is 13.5. The fourth-order valence-corrected chi connectivity index (χ4v) is 4.54. The van der Waals surface area contributed by atoms with Gasteiger partial charge in [-0.25, -0.2) is 9.97 Å². The highest BCUT2D eigenvalue weighted by Crippen LogP contribution is 2.40. The molecule has 0 radical (unpaired) electrons. The Morgan fingerprint density at radius 1 is 1.03 bits per heavy atom. The van der Waals surface area contributed by atoms with E-state index in [0.29, 0.717) is 29.5 Å². The summed E-state index contributed by atoms with van der Waals surface area (Å²) < 4.78 is 10.8. The normalized spacial score (nSPS) is 18.1. The molecule has 0 spiro atoms. The Morgan fingerprint density at radius 3 is 2.58 bits per heavy atom. The second-order valence-corrected chi connectivity index (χ2v) is 8.69. The monoisotopic (exact) mass is 444 g/mol. The molecular formula is C26H28N4O3. The first-order chi connectivity index (χ1) is 16.2. The van der Waals surface area contributed by atoms with Crippen molar-refractivity contribution in [1.82, 2.24) is 19.9 Å². The van der Waals surface area contributed by atoms with Crippen molar-refractivity contribution in [3.8, 4) is 22.6 Å². The van der Waals surface area contributed by atoms with Gasteiger partial charge in [0.05, 0.1) is 25.5 Å². The molecule has 1 atom stereocenters. The van der Waals surface area contributed by atoms with Gasteiger partial charge in [0.2, 0.25) is 0 Å². The van der Waals surface area contributed by atoms with Crippen LogP contribution in [0.5, 0.6) is 11.5 Å². The van der Waals surface area contributed by atoms with Crippen molar-refractivity contribution in [1.29, 1.82) is 0 Å². The Labute approximate surface area is 193 Å². The molecule has 7 heteroatoms.